The first-order valence-electron chi connectivity index (χ1n) is 5.52. The van der Waals surface area contributed by atoms with Gasteiger partial charge in [-0.15, -0.1) is 0 Å². The SMILES string of the molecule is CCCC(C)COc1ccc(F)c(C)c1. The monoisotopic (exact) mass is 210 g/mol. The Labute approximate surface area is 91.3 Å². The summed E-state index contributed by atoms with van der Waals surface area (Å²) in [6.07, 6.45) is 2.34. The lowest BCUT2D eigenvalue weighted by Gasteiger charge is -2.12. The molecule has 0 fully saturated rings. The van der Waals surface area contributed by atoms with Crippen LogP contribution in [-0.2, 0) is 0 Å². The van der Waals surface area contributed by atoms with Crippen LogP contribution in [0.25, 0.3) is 0 Å². The van der Waals surface area contributed by atoms with E-state index in [4.69, 9.17) is 4.74 Å². The summed E-state index contributed by atoms with van der Waals surface area (Å²) in [5, 5.41) is 0. The second kappa shape index (κ2) is 5.74. The molecule has 0 saturated heterocycles. The van der Waals surface area contributed by atoms with Crippen LogP contribution in [0.1, 0.15) is 32.3 Å². The molecule has 0 spiro atoms. The van der Waals surface area contributed by atoms with Crippen molar-refractivity contribution in [2.75, 3.05) is 6.61 Å². The quantitative estimate of drug-likeness (QED) is 0.715. The Hall–Kier alpha value is -1.05. The first-order valence-corrected chi connectivity index (χ1v) is 5.52. The van der Waals surface area contributed by atoms with Crippen LogP contribution in [-0.4, -0.2) is 6.61 Å². The Kier molecular flexibility index (Phi) is 4.60. The van der Waals surface area contributed by atoms with Gasteiger partial charge >= 0.3 is 0 Å². The van der Waals surface area contributed by atoms with Crippen molar-refractivity contribution in [3.63, 3.8) is 0 Å². The van der Waals surface area contributed by atoms with E-state index in [1.807, 2.05) is 0 Å². The molecule has 2 heteroatoms. The van der Waals surface area contributed by atoms with E-state index < -0.39 is 0 Å². The van der Waals surface area contributed by atoms with Gasteiger partial charge in [0.2, 0.25) is 0 Å². The van der Waals surface area contributed by atoms with Crippen LogP contribution in [0.3, 0.4) is 0 Å². The van der Waals surface area contributed by atoms with Crippen LogP contribution in [0, 0.1) is 18.7 Å². The van der Waals surface area contributed by atoms with Crippen molar-refractivity contribution in [3.05, 3.63) is 29.6 Å². The molecule has 0 radical (unpaired) electrons. The summed E-state index contributed by atoms with van der Waals surface area (Å²) in [6, 6.07) is 4.88. The smallest absolute Gasteiger partial charge is 0.126 e. The lowest BCUT2D eigenvalue weighted by molar-refractivity contribution is 0.251. The third-order valence-electron chi connectivity index (χ3n) is 2.45. The maximum absolute atomic E-state index is 13.0. The van der Waals surface area contributed by atoms with E-state index in [1.165, 1.54) is 18.9 Å². The van der Waals surface area contributed by atoms with Gasteiger partial charge in [-0.2, -0.15) is 0 Å². The average Bonchev–Trinajstić information content (AvgIpc) is 2.20. The minimum atomic E-state index is -0.177. The van der Waals surface area contributed by atoms with Gasteiger partial charge in [0.15, 0.2) is 0 Å². The van der Waals surface area contributed by atoms with Gasteiger partial charge < -0.3 is 4.74 Å². The predicted molar refractivity (Wildman–Crippen MR) is 60.7 cm³/mol. The maximum Gasteiger partial charge on any atom is 0.126 e. The molecule has 0 aliphatic heterocycles. The van der Waals surface area contributed by atoms with Crippen molar-refractivity contribution in [3.8, 4) is 5.75 Å². The Balaban J connectivity index is 2.47. The molecule has 15 heavy (non-hydrogen) atoms. The molecule has 0 amide bonds. The van der Waals surface area contributed by atoms with Crippen molar-refractivity contribution < 1.29 is 9.13 Å². The molecule has 0 aliphatic carbocycles. The lowest BCUT2D eigenvalue weighted by atomic mass is 10.1. The standard InChI is InChI=1S/C13H19FO/c1-4-5-10(2)9-15-12-6-7-13(14)11(3)8-12/h6-8,10H,4-5,9H2,1-3H3. The fraction of sp³-hybridized carbons (Fsp3) is 0.538. The minimum absolute atomic E-state index is 0.177. The highest BCUT2D eigenvalue weighted by Crippen LogP contribution is 2.17. The molecule has 0 N–H and O–H groups in total. The molecular weight excluding hydrogens is 191 g/mol. The molecule has 0 saturated carbocycles. The zero-order valence-corrected chi connectivity index (χ0v) is 9.72. The lowest BCUT2D eigenvalue weighted by Crippen LogP contribution is -2.08. The zero-order chi connectivity index (χ0) is 11.3. The van der Waals surface area contributed by atoms with E-state index in [1.54, 1.807) is 19.1 Å². The third kappa shape index (κ3) is 3.90. The average molecular weight is 210 g/mol. The molecule has 1 atom stereocenters. The summed E-state index contributed by atoms with van der Waals surface area (Å²) in [7, 11) is 0. The van der Waals surface area contributed by atoms with E-state index in [0.717, 1.165) is 5.75 Å². The Bertz CT molecular complexity index is 309. The topological polar surface area (TPSA) is 9.23 Å². The van der Waals surface area contributed by atoms with Gasteiger partial charge in [-0.05, 0) is 43.0 Å². The van der Waals surface area contributed by atoms with Gasteiger partial charge in [0.05, 0.1) is 6.61 Å². The van der Waals surface area contributed by atoms with Gasteiger partial charge in [-0.1, -0.05) is 20.3 Å². The number of benzene rings is 1. The highest BCUT2D eigenvalue weighted by Gasteiger charge is 2.03. The van der Waals surface area contributed by atoms with E-state index in [-0.39, 0.29) is 5.82 Å². The van der Waals surface area contributed by atoms with Crippen LogP contribution >= 0.6 is 0 Å². The fourth-order valence-electron chi connectivity index (χ4n) is 1.52. The highest BCUT2D eigenvalue weighted by atomic mass is 19.1. The number of halogens is 1. The van der Waals surface area contributed by atoms with Crippen molar-refractivity contribution >= 4 is 0 Å². The van der Waals surface area contributed by atoms with E-state index in [2.05, 4.69) is 13.8 Å². The normalized spacial score (nSPS) is 12.5. The molecule has 0 heterocycles. The summed E-state index contributed by atoms with van der Waals surface area (Å²) in [5.41, 5.74) is 0.635. The molecule has 84 valence electrons. The molecule has 0 aliphatic rings. The van der Waals surface area contributed by atoms with Gasteiger partial charge in [-0.3, -0.25) is 0 Å². The molecule has 0 bridgehead atoms. The Morgan fingerprint density at radius 1 is 1.40 bits per heavy atom. The summed E-state index contributed by atoms with van der Waals surface area (Å²) in [6.45, 7) is 6.79. The van der Waals surface area contributed by atoms with Crippen molar-refractivity contribution in [1.29, 1.82) is 0 Å². The van der Waals surface area contributed by atoms with Crippen molar-refractivity contribution in [2.24, 2.45) is 5.92 Å². The zero-order valence-electron chi connectivity index (χ0n) is 9.72. The van der Waals surface area contributed by atoms with Crippen LogP contribution in [0.15, 0.2) is 18.2 Å². The fourth-order valence-corrected chi connectivity index (χ4v) is 1.52. The number of hydrogen-bond donors (Lipinski definition) is 0. The number of aryl methyl sites for hydroxylation is 1. The highest BCUT2D eigenvalue weighted by molar-refractivity contribution is 5.28. The summed E-state index contributed by atoms with van der Waals surface area (Å²) in [4.78, 5) is 0. The summed E-state index contributed by atoms with van der Waals surface area (Å²) < 4.78 is 18.6. The van der Waals surface area contributed by atoms with Crippen LogP contribution in [0.5, 0.6) is 5.75 Å². The predicted octanol–water partition coefficient (Wildman–Crippen LogP) is 3.95. The molecular formula is C13H19FO. The van der Waals surface area contributed by atoms with Gasteiger partial charge in [0, 0.05) is 0 Å². The summed E-state index contributed by atoms with van der Waals surface area (Å²) >= 11 is 0. The second-order valence-corrected chi connectivity index (χ2v) is 4.12. The molecule has 1 rings (SSSR count). The number of ether oxygens (including phenoxy) is 1. The van der Waals surface area contributed by atoms with Crippen LogP contribution < -0.4 is 4.74 Å². The largest absolute Gasteiger partial charge is 0.493 e. The summed E-state index contributed by atoms with van der Waals surface area (Å²) in [5.74, 6) is 1.14. The van der Waals surface area contributed by atoms with Gasteiger partial charge in [0.1, 0.15) is 11.6 Å². The minimum Gasteiger partial charge on any atom is -0.493 e. The number of rotatable bonds is 5. The van der Waals surface area contributed by atoms with Crippen molar-refractivity contribution in [2.45, 2.75) is 33.6 Å². The number of hydrogen-bond acceptors (Lipinski definition) is 1. The molecule has 1 nitrogen and oxygen atoms in total. The van der Waals surface area contributed by atoms with E-state index in [0.29, 0.717) is 18.1 Å². The Morgan fingerprint density at radius 3 is 2.73 bits per heavy atom. The van der Waals surface area contributed by atoms with Gasteiger partial charge in [0.25, 0.3) is 0 Å². The molecule has 0 aromatic heterocycles. The molecule has 1 aromatic carbocycles. The van der Waals surface area contributed by atoms with Crippen molar-refractivity contribution in [1.82, 2.24) is 0 Å². The Morgan fingerprint density at radius 2 is 2.13 bits per heavy atom. The van der Waals surface area contributed by atoms with E-state index in [9.17, 15) is 4.39 Å². The first kappa shape index (κ1) is 12.0. The molecule has 1 aromatic rings. The van der Waals surface area contributed by atoms with Crippen LogP contribution in [0.4, 0.5) is 4.39 Å². The van der Waals surface area contributed by atoms with Gasteiger partial charge in [-0.25, -0.2) is 4.39 Å². The maximum atomic E-state index is 13.0. The second-order valence-electron chi connectivity index (χ2n) is 4.12. The first-order chi connectivity index (χ1) is 7.13. The third-order valence-corrected chi connectivity index (χ3v) is 2.45. The molecule has 1 unspecified atom stereocenters. The van der Waals surface area contributed by atoms with Crippen LogP contribution in [0.2, 0.25) is 0 Å². The van der Waals surface area contributed by atoms with E-state index >= 15 is 0 Å².